The van der Waals surface area contributed by atoms with Crippen molar-refractivity contribution in [2.24, 2.45) is 0 Å². The van der Waals surface area contributed by atoms with Gasteiger partial charge in [-0.2, -0.15) is 0 Å². The maximum absolute atomic E-state index is 12.2. The van der Waals surface area contributed by atoms with Gasteiger partial charge >= 0.3 is 0 Å². The third-order valence-corrected chi connectivity index (χ3v) is 4.26. The van der Waals surface area contributed by atoms with E-state index in [9.17, 15) is 14.4 Å². The second kappa shape index (κ2) is 8.60. The van der Waals surface area contributed by atoms with Crippen LogP contribution >= 0.6 is 23.2 Å². The molecule has 0 aliphatic heterocycles. The van der Waals surface area contributed by atoms with Crippen molar-refractivity contribution in [3.8, 4) is 0 Å². The molecule has 28 heavy (non-hydrogen) atoms. The van der Waals surface area contributed by atoms with Gasteiger partial charge in [-0.1, -0.05) is 29.3 Å². The molecule has 3 rings (SSSR count). The molecule has 9 heteroatoms. The number of hydrogen-bond donors (Lipinski definition) is 3. The highest BCUT2D eigenvalue weighted by molar-refractivity contribution is 6.39. The number of hydrazine groups is 1. The Balaban J connectivity index is 1.59. The number of benzene rings is 2. The summed E-state index contributed by atoms with van der Waals surface area (Å²) in [6, 6.07) is 13.8. The van der Waals surface area contributed by atoms with Crippen molar-refractivity contribution in [3.63, 3.8) is 0 Å². The minimum absolute atomic E-state index is 0.0575. The molecule has 3 amide bonds. The summed E-state index contributed by atoms with van der Waals surface area (Å²) >= 11 is 11.9. The standard InChI is InChI=1S/C19H13Cl2N3O4/c20-13-3-1-4-14(21)16(13)19(27)24-23-17(25)11-6-8-12(9-7-11)22-18(26)15-5-2-10-28-15/h1-10H,(H,22,26)(H,23,25)(H,24,27). The molecule has 0 bridgehead atoms. The van der Waals surface area contributed by atoms with Crippen molar-refractivity contribution >= 4 is 46.6 Å². The molecule has 0 aliphatic rings. The first-order chi connectivity index (χ1) is 13.5. The van der Waals surface area contributed by atoms with E-state index in [1.54, 1.807) is 24.3 Å². The maximum atomic E-state index is 12.2. The first-order valence-corrected chi connectivity index (χ1v) is 8.71. The normalized spacial score (nSPS) is 10.2. The van der Waals surface area contributed by atoms with E-state index in [1.807, 2.05) is 0 Å². The lowest BCUT2D eigenvalue weighted by atomic mass is 10.2. The maximum Gasteiger partial charge on any atom is 0.291 e. The second-order valence-electron chi connectivity index (χ2n) is 5.51. The molecule has 0 aliphatic carbocycles. The zero-order valence-corrected chi connectivity index (χ0v) is 15.7. The Kier molecular flexibility index (Phi) is 5.98. The van der Waals surface area contributed by atoms with Crippen molar-refractivity contribution < 1.29 is 18.8 Å². The summed E-state index contributed by atoms with van der Waals surface area (Å²) in [6.07, 6.45) is 1.40. The van der Waals surface area contributed by atoms with E-state index in [0.717, 1.165) is 0 Å². The van der Waals surface area contributed by atoms with Gasteiger partial charge in [0.05, 0.1) is 21.9 Å². The van der Waals surface area contributed by atoms with Gasteiger partial charge in [0.25, 0.3) is 17.7 Å². The second-order valence-corrected chi connectivity index (χ2v) is 6.33. The Morgan fingerprint density at radius 2 is 1.39 bits per heavy atom. The van der Waals surface area contributed by atoms with Crippen LogP contribution in [0.3, 0.4) is 0 Å². The molecule has 7 nitrogen and oxygen atoms in total. The molecular formula is C19H13Cl2N3O4. The molecule has 0 saturated carbocycles. The predicted octanol–water partition coefficient (Wildman–Crippen LogP) is 3.91. The molecule has 0 atom stereocenters. The summed E-state index contributed by atoms with van der Waals surface area (Å²) in [6.45, 7) is 0. The van der Waals surface area contributed by atoms with Gasteiger partial charge in [-0.25, -0.2) is 0 Å². The summed E-state index contributed by atoms with van der Waals surface area (Å²) in [5.41, 5.74) is 5.33. The molecule has 0 fully saturated rings. The quantitative estimate of drug-likeness (QED) is 0.560. The lowest BCUT2D eigenvalue weighted by Crippen LogP contribution is -2.41. The van der Waals surface area contributed by atoms with Gasteiger partial charge in [0.1, 0.15) is 0 Å². The first-order valence-electron chi connectivity index (χ1n) is 7.95. The Bertz CT molecular complexity index is 998. The summed E-state index contributed by atoms with van der Waals surface area (Å²) in [4.78, 5) is 36.2. The summed E-state index contributed by atoms with van der Waals surface area (Å²) in [5, 5.41) is 2.96. The zero-order chi connectivity index (χ0) is 20.1. The first kappa shape index (κ1) is 19.5. The third-order valence-electron chi connectivity index (χ3n) is 3.63. The number of amides is 3. The van der Waals surface area contributed by atoms with E-state index in [1.165, 1.54) is 36.6 Å². The van der Waals surface area contributed by atoms with Crippen LogP contribution in [-0.2, 0) is 0 Å². The minimum atomic E-state index is -0.647. The highest BCUT2D eigenvalue weighted by Gasteiger charge is 2.16. The van der Waals surface area contributed by atoms with Gasteiger partial charge in [0.2, 0.25) is 0 Å². The van der Waals surface area contributed by atoms with E-state index in [0.29, 0.717) is 5.69 Å². The number of nitrogens with one attached hydrogen (secondary N) is 3. The average Bonchev–Trinajstić information content (AvgIpc) is 3.21. The van der Waals surface area contributed by atoms with E-state index < -0.39 is 17.7 Å². The average molecular weight is 418 g/mol. The van der Waals surface area contributed by atoms with Gasteiger partial charge in [-0.15, -0.1) is 0 Å². The van der Waals surface area contributed by atoms with Crippen LogP contribution in [0.15, 0.2) is 65.3 Å². The van der Waals surface area contributed by atoms with Gasteiger partial charge in [0, 0.05) is 11.3 Å². The smallest absolute Gasteiger partial charge is 0.291 e. The Hall–Kier alpha value is -3.29. The van der Waals surface area contributed by atoms with E-state index in [4.69, 9.17) is 27.6 Å². The number of furan rings is 1. The number of carbonyl (C=O) groups excluding carboxylic acids is 3. The van der Waals surface area contributed by atoms with E-state index in [-0.39, 0.29) is 26.9 Å². The summed E-state index contributed by atoms with van der Waals surface area (Å²) in [5.74, 6) is -1.44. The summed E-state index contributed by atoms with van der Waals surface area (Å²) < 4.78 is 5.00. The fourth-order valence-electron chi connectivity index (χ4n) is 2.27. The minimum Gasteiger partial charge on any atom is -0.459 e. The Labute approximate surface area is 169 Å². The highest BCUT2D eigenvalue weighted by Crippen LogP contribution is 2.23. The molecule has 3 aromatic rings. The van der Waals surface area contributed by atoms with Crippen LogP contribution in [0.2, 0.25) is 10.0 Å². The number of rotatable bonds is 4. The van der Waals surface area contributed by atoms with Gasteiger partial charge in [-0.05, 0) is 48.5 Å². The van der Waals surface area contributed by atoms with Crippen molar-refractivity contribution in [1.29, 1.82) is 0 Å². The van der Waals surface area contributed by atoms with Crippen molar-refractivity contribution in [3.05, 3.63) is 87.8 Å². The fourth-order valence-corrected chi connectivity index (χ4v) is 2.84. The van der Waals surface area contributed by atoms with E-state index in [2.05, 4.69) is 16.2 Å². The highest BCUT2D eigenvalue weighted by atomic mass is 35.5. The number of hydrogen-bond acceptors (Lipinski definition) is 4. The van der Waals surface area contributed by atoms with Crippen molar-refractivity contribution in [1.82, 2.24) is 10.9 Å². The lowest BCUT2D eigenvalue weighted by molar-refractivity contribution is 0.0847. The monoisotopic (exact) mass is 417 g/mol. The molecule has 3 N–H and O–H groups in total. The molecule has 1 heterocycles. The van der Waals surface area contributed by atoms with Crippen LogP contribution in [0.1, 0.15) is 31.3 Å². The molecule has 0 saturated heterocycles. The molecular weight excluding hydrogens is 405 g/mol. The van der Waals surface area contributed by atoms with Gasteiger partial charge in [-0.3, -0.25) is 25.2 Å². The van der Waals surface area contributed by atoms with Gasteiger partial charge in [0.15, 0.2) is 5.76 Å². The molecule has 142 valence electrons. The van der Waals surface area contributed by atoms with E-state index >= 15 is 0 Å². The van der Waals surface area contributed by atoms with Gasteiger partial charge < -0.3 is 9.73 Å². The lowest BCUT2D eigenvalue weighted by Gasteiger charge is -2.10. The van der Waals surface area contributed by atoms with Crippen molar-refractivity contribution in [2.75, 3.05) is 5.32 Å². The van der Waals surface area contributed by atoms with Crippen LogP contribution in [0.25, 0.3) is 0 Å². The molecule has 1 aromatic heterocycles. The number of carbonyl (C=O) groups is 3. The Morgan fingerprint density at radius 3 is 2.00 bits per heavy atom. The SMILES string of the molecule is O=C(NNC(=O)c1c(Cl)cccc1Cl)c1ccc(NC(=O)c2ccco2)cc1. The van der Waals surface area contributed by atoms with Crippen LogP contribution < -0.4 is 16.2 Å². The number of anilines is 1. The zero-order valence-electron chi connectivity index (χ0n) is 14.2. The van der Waals surface area contributed by atoms with Crippen LogP contribution in [-0.4, -0.2) is 17.7 Å². The molecule has 2 aromatic carbocycles. The third kappa shape index (κ3) is 4.51. The molecule has 0 radical (unpaired) electrons. The molecule has 0 unspecified atom stereocenters. The Morgan fingerprint density at radius 1 is 0.750 bits per heavy atom. The topological polar surface area (TPSA) is 100 Å². The number of halogens is 2. The summed E-state index contributed by atoms with van der Waals surface area (Å²) in [7, 11) is 0. The predicted molar refractivity (Wildman–Crippen MR) is 104 cm³/mol. The van der Waals surface area contributed by atoms with Crippen molar-refractivity contribution in [2.45, 2.75) is 0 Å². The van der Waals surface area contributed by atoms with Crippen LogP contribution in [0, 0.1) is 0 Å². The van der Waals surface area contributed by atoms with Crippen LogP contribution in [0.5, 0.6) is 0 Å². The molecule has 0 spiro atoms. The largest absolute Gasteiger partial charge is 0.459 e. The fraction of sp³-hybridized carbons (Fsp3) is 0. The van der Waals surface area contributed by atoms with Crippen LogP contribution in [0.4, 0.5) is 5.69 Å².